The molecule has 1 amide bonds. The predicted molar refractivity (Wildman–Crippen MR) is 125 cm³/mol. The van der Waals surface area contributed by atoms with Crippen LogP contribution in [0, 0.1) is 6.92 Å². The van der Waals surface area contributed by atoms with Gasteiger partial charge in [-0.1, -0.05) is 47.5 Å². The summed E-state index contributed by atoms with van der Waals surface area (Å²) in [6, 6.07) is 16.7. The van der Waals surface area contributed by atoms with E-state index in [1.807, 2.05) is 0 Å². The number of hydrogen-bond acceptors (Lipinski definition) is 3. The molecule has 0 aliphatic rings. The van der Waals surface area contributed by atoms with Gasteiger partial charge in [0.25, 0.3) is 10.0 Å². The van der Waals surface area contributed by atoms with Crippen LogP contribution in [0.15, 0.2) is 77.7 Å². The minimum Gasteiger partial charge on any atom is -0.354 e. The van der Waals surface area contributed by atoms with Crippen LogP contribution in [0.2, 0.25) is 5.02 Å². The van der Waals surface area contributed by atoms with Crippen molar-refractivity contribution < 1.29 is 26.4 Å². The number of nitrogens with one attached hydrogen (secondary N) is 1. The minimum absolute atomic E-state index is 0.135. The largest absolute Gasteiger partial charge is 0.416 e. The van der Waals surface area contributed by atoms with Crippen LogP contribution < -0.4 is 9.62 Å². The molecule has 0 heterocycles. The number of benzene rings is 3. The number of sulfonamides is 1. The Hall–Kier alpha value is -3.04. The first kappa shape index (κ1) is 25.6. The molecule has 0 aliphatic heterocycles. The number of anilines is 1. The zero-order valence-electron chi connectivity index (χ0n) is 18.1. The Morgan fingerprint density at radius 3 is 2.26 bits per heavy atom. The normalized spacial score (nSPS) is 11.8. The number of aryl methyl sites for hydroxylation is 1. The van der Waals surface area contributed by atoms with Gasteiger partial charge in [0.15, 0.2) is 0 Å². The maximum absolute atomic E-state index is 13.3. The number of rotatable bonds is 8. The Balaban J connectivity index is 1.85. The van der Waals surface area contributed by atoms with Gasteiger partial charge in [-0.3, -0.25) is 9.10 Å². The number of alkyl halides is 3. The summed E-state index contributed by atoms with van der Waals surface area (Å²) in [6.07, 6.45) is -4.20. The Morgan fingerprint density at radius 1 is 1.00 bits per heavy atom. The Kier molecular flexibility index (Phi) is 7.89. The highest BCUT2D eigenvalue weighted by Gasteiger charge is 2.33. The average molecular weight is 511 g/mol. The lowest BCUT2D eigenvalue weighted by Crippen LogP contribution is -2.41. The first-order valence-corrected chi connectivity index (χ1v) is 12.1. The number of carbonyl (C=O) groups is 1. The first-order chi connectivity index (χ1) is 16.0. The van der Waals surface area contributed by atoms with Crippen molar-refractivity contribution >= 4 is 33.2 Å². The molecule has 0 unspecified atom stereocenters. The van der Waals surface area contributed by atoms with Crippen LogP contribution in [0.3, 0.4) is 0 Å². The van der Waals surface area contributed by atoms with Crippen molar-refractivity contribution in [2.75, 3.05) is 17.4 Å². The zero-order valence-corrected chi connectivity index (χ0v) is 19.7. The van der Waals surface area contributed by atoms with E-state index in [-0.39, 0.29) is 17.1 Å². The molecule has 0 fully saturated rings. The molecule has 0 saturated carbocycles. The van der Waals surface area contributed by atoms with Crippen molar-refractivity contribution in [3.05, 3.63) is 94.5 Å². The summed E-state index contributed by atoms with van der Waals surface area (Å²) < 4.78 is 67.1. The SMILES string of the molecule is Cc1ccc(S(=O)(=O)N(CC(=O)NCCc2ccc(Cl)cc2)c2cccc(C(F)(F)F)c2)cc1. The van der Waals surface area contributed by atoms with Gasteiger partial charge in [-0.25, -0.2) is 8.42 Å². The van der Waals surface area contributed by atoms with Gasteiger partial charge in [0.2, 0.25) is 5.91 Å². The molecule has 0 aliphatic carbocycles. The second kappa shape index (κ2) is 10.5. The summed E-state index contributed by atoms with van der Waals surface area (Å²) in [4.78, 5) is 12.5. The molecule has 10 heteroatoms. The van der Waals surface area contributed by atoms with E-state index in [4.69, 9.17) is 11.6 Å². The molecule has 3 aromatic carbocycles. The van der Waals surface area contributed by atoms with Gasteiger partial charge in [0.05, 0.1) is 16.1 Å². The number of nitrogens with zero attached hydrogens (tertiary/aromatic N) is 1. The lowest BCUT2D eigenvalue weighted by atomic mass is 10.1. The van der Waals surface area contributed by atoms with Crippen molar-refractivity contribution in [1.29, 1.82) is 0 Å². The molecule has 0 spiro atoms. The van der Waals surface area contributed by atoms with E-state index in [9.17, 15) is 26.4 Å². The van der Waals surface area contributed by atoms with E-state index in [1.165, 1.54) is 18.2 Å². The molecule has 0 atom stereocenters. The van der Waals surface area contributed by atoms with Crippen molar-refractivity contribution in [1.82, 2.24) is 5.32 Å². The molecule has 0 saturated heterocycles. The van der Waals surface area contributed by atoms with Gasteiger partial charge in [0, 0.05) is 11.6 Å². The van der Waals surface area contributed by atoms with E-state index >= 15 is 0 Å². The fraction of sp³-hybridized carbons (Fsp3) is 0.208. The van der Waals surface area contributed by atoms with E-state index < -0.39 is 34.2 Å². The third-order valence-electron chi connectivity index (χ3n) is 5.01. The van der Waals surface area contributed by atoms with Crippen LogP contribution in [0.25, 0.3) is 0 Å². The smallest absolute Gasteiger partial charge is 0.354 e. The van der Waals surface area contributed by atoms with Gasteiger partial charge in [-0.2, -0.15) is 13.2 Å². The maximum Gasteiger partial charge on any atom is 0.416 e. The van der Waals surface area contributed by atoms with Crippen molar-refractivity contribution in [2.24, 2.45) is 0 Å². The molecule has 3 aromatic rings. The van der Waals surface area contributed by atoms with Gasteiger partial charge < -0.3 is 5.32 Å². The summed E-state index contributed by atoms with van der Waals surface area (Å²) in [5.41, 5.74) is 0.441. The molecule has 0 bridgehead atoms. The standard InChI is InChI=1S/C24H22ClF3N2O3S/c1-17-5-11-22(12-6-17)34(32,33)30(21-4-2-3-19(15-21)24(26,27)28)16-23(31)29-14-13-18-7-9-20(25)10-8-18/h2-12,15H,13-14,16H2,1H3,(H,29,31). The summed E-state index contributed by atoms with van der Waals surface area (Å²) in [6.45, 7) is 1.30. The van der Waals surface area contributed by atoms with E-state index in [2.05, 4.69) is 5.32 Å². The summed E-state index contributed by atoms with van der Waals surface area (Å²) >= 11 is 5.85. The summed E-state index contributed by atoms with van der Waals surface area (Å²) in [7, 11) is -4.32. The lowest BCUT2D eigenvalue weighted by Gasteiger charge is -2.25. The van der Waals surface area contributed by atoms with Crippen LogP contribution in [0.5, 0.6) is 0 Å². The fourth-order valence-corrected chi connectivity index (χ4v) is 4.71. The van der Waals surface area contributed by atoms with Crippen molar-refractivity contribution in [3.63, 3.8) is 0 Å². The molecule has 0 aromatic heterocycles. The zero-order chi connectivity index (χ0) is 24.9. The van der Waals surface area contributed by atoms with Crippen LogP contribution in [-0.4, -0.2) is 27.4 Å². The number of amides is 1. The summed E-state index contributed by atoms with van der Waals surface area (Å²) in [5, 5.41) is 3.20. The van der Waals surface area contributed by atoms with E-state index in [0.29, 0.717) is 21.8 Å². The highest BCUT2D eigenvalue weighted by atomic mass is 35.5. The fourth-order valence-electron chi connectivity index (χ4n) is 3.17. The number of hydrogen-bond donors (Lipinski definition) is 1. The van der Waals surface area contributed by atoms with Crippen LogP contribution in [-0.2, 0) is 27.4 Å². The molecular weight excluding hydrogens is 489 g/mol. The maximum atomic E-state index is 13.3. The van der Waals surface area contributed by atoms with Gasteiger partial charge in [-0.05, 0) is 61.4 Å². The Morgan fingerprint density at radius 2 is 1.65 bits per heavy atom. The second-order valence-electron chi connectivity index (χ2n) is 7.60. The molecule has 0 radical (unpaired) electrons. The number of carbonyl (C=O) groups excluding carboxylic acids is 1. The molecule has 3 rings (SSSR count). The second-order valence-corrected chi connectivity index (χ2v) is 9.90. The molecule has 1 N–H and O–H groups in total. The van der Waals surface area contributed by atoms with Crippen LogP contribution >= 0.6 is 11.6 Å². The lowest BCUT2D eigenvalue weighted by molar-refractivity contribution is -0.137. The molecular formula is C24H22ClF3N2O3S. The van der Waals surface area contributed by atoms with E-state index in [1.54, 1.807) is 43.3 Å². The van der Waals surface area contributed by atoms with Crippen LogP contribution in [0.4, 0.5) is 18.9 Å². The monoisotopic (exact) mass is 510 g/mol. The molecule has 180 valence electrons. The Labute approximate surface area is 201 Å². The van der Waals surface area contributed by atoms with Gasteiger partial charge in [0.1, 0.15) is 6.54 Å². The number of halogens is 4. The van der Waals surface area contributed by atoms with Gasteiger partial charge >= 0.3 is 6.18 Å². The van der Waals surface area contributed by atoms with Crippen molar-refractivity contribution in [2.45, 2.75) is 24.4 Å². The topological polar surface area (TPSA) is 66.5 Å². The van der Waals surface area contributed by atoms with Crippen molar-refractivity contribution in [3.8, 4) is 0 Å². The quantitative estimate of drug-likeness (QED) is 0.452. The predicted octanol–water partition coefficient (Wildman–Crippen LogP) is 5.22. The first-order valence-electron chi connectivity index (χ1n) is 10.2. The highest BCUT2D eigenvalue weighted by molar-refractivity contribution is 7.92. The highest BCUT2D eigenvalue weighted by Crippen LogP contribution is 2.33. The molecule has 5 nitrogen and oxygen atoms in total. The van der Waals surface area contributed by atoms with Crippen LogP contribution in [0.1, 0.15) is 16.7 Å². The van der Waals surface area contributed by atoms with Gasteiger partial charge in [-0.15, -0.1) is 0 Å². The third kappa shape index (κ3) is 6.51. The average Bonchev–Trinajstić information content (AvgIpc) is 2.78. The molecule has 34 heavy (non-hydrogen) atoms. The third-order valence-corrected chi connectivity index (χ3v) is 7.05. The summed E-state index contributed by atoms with van der Waals surface area (Å²) in [5.74, 6) is -0.651. The Bertz CT molecular complexity index is 1250. The van der Waals surface area contributed by atoms with E-state index in [0.717, 1.165) is 23.3 Å². The minimum atomic E-state index is -4.67.